The molecule has 5 aromatic rings. The van der Waals surface area contributed by atoms with E-state index in [9.17, 15) is 4.79 Å². The molecule has 0 atom stereocenters. The standard InChI is InChI=1S/C31H28N3O/c1-22-3-12-29-28(19-22)30(13-16-32-29)33-27-10-6-24(7-11-27)21-31(35)26-8-4-23(5-9-26)20-25-14-17-34(2)18-15-25/h3-19H,20-21H2,1-2H3,(H,32,33)/q+1. The van der Waals surface area contributed by atoms with Gasteiger partial charge in [-0.15, -0.1) is 0 Å². The van der Waals surface area contributed by atoms with Crippen molar-refractivity contribution in [3.05, 3.63) is 131 Å². The quantitative estimate of drug-likeness (QED) is 0.236. The number of rotatable bonds is 7. The highest BCUT2D eigenvalue weighted by Gasteiger charge is 2.09. The van der Waals surface area contributed by atoms with Gasteiger partial charge in [-0.3, -0.25) is 9.78 Å². The number of aromatic nitrogens is 2. The molecule has 0 aliphatic carbocycles. The molecule has 1 N–H and O–H groups in total. The Balaban J connectivity index is 1.23. The van der Waals surface area contributed by atoms with Gasteiger partial charge in [0.15, 0.2) is 18.2 Å². The van der Waals surface area contributed by atoms with Crippen LogP contribution in [-0.4, -0.2) is 10.8 Å². The smallest absolute Gasteiger partial charge is 0.168 e. The van der Waals surface area contributed by atoms with Crippen LogP contribution in [0.2, 0.25) is 0 Å². The van der Waals surface area contributed by atoms with Crippen molar-refractivity contribution in [2.45, 2.75) is 19.8 Å². The van der Waals surface area contributed by atoms with E-state index in [1.54, 1.807) is 0 Å². The van der Waals surface area contributed by atoms with Gasteiger partial charge in [0.2, 0.25) is 0 Å². The van der Waals surface area contributed by atoms with E-state index >= 15 is 0 Å². The van der Waals surface area contributed by atoms with Gasteiger partial charge in [0, 0.05) is 47.1 Å². The van der Waals surface area contributed by atoms with Crippen LogP contribution in [0.15, 0.2) is 104 Å². The van der Waals surface area contributed by atoms with Crippen molar-refractivity contribution < 1.29 is 9.36 Å². The zero-order valence-electron chi connectivity index (χ0n) is 20.0. The maximum Gasteiger partial charge on any atom is 0.168 e. The Morgan fingerprint density at radius 3 is 2.26 bits per heavy atom. The first kappa shape index (κ1) is 22.5. The molecule has 0 amide bonds. The number of fused-ring (bicyclic) bond motifs is 1. The molecule has 0 fully saturated rings. The number of ketones is 1. The monoisotopic (exact) mass is 458 g/mol. The highest BCUT2D eigenvalue weighted by molar-refractivity contribution is 5.97. The molecule has 0 aliphatic heterocycles. The summed E-state index contributed by atoms with van der Waals surface area (Å²) in [5.41, 5.74) is 8.36. The zero-order valence-corrected chi connectivity index (χ0v) is 20.0. The number of hydrogen-bond acceptors (Lipinski definition) is 3. The minimum atomic E-state index is 0.125. The molecule has 35 heavy (non-hydrogen) atoms. The normalized spacial score (nSPS) is 10.9. The number of nitrogens with zero attached hydrogens (tertiary/aromatic N) is 2. The summed E-state index contributed by atoms with van der Waals surface area (Å²) in [4.78, 5) is 17.3. The molecular weight excluding hydrogens is 430 g/mol. The van der Waals surface area contributed by atoms with Crippen LogP contribution < -0.4 is 9.88 Å². The minimum Gasteiger partial charge on any atom is -0.355 e. The number of pyridine rings is 2. The van der Waals surface area contributed by atoms with Crippen LogP contribution in [0, 0.1) is 6.92 Å². The van der Waals surface area contributed by atoms with Crippen LogP contribution in [0.25, 0.3) is 10.9 Å². The Morgan fingerprint density at radius 2 is 1.51 bits per heavy atom. The Hall–Kier alpha value is -4.31. The van der Waals surface area contributed by atoms with Crippen molar-refractivity contribution in [3.63, 3.8) is 0 Å². The summed E-state index contributed by atoms with van der Waals surface area (Å²) < 4.78 is 2.02. The fourth-order valence-electron chi connectivity index (χ4n) is 4.21. The van der Waals surface area contributed by atoms with Crippen molar-refractivity contribution in [3.8, 4) is 0 Å². The van der Waals surface area contributed by atoms with Gasteiger partial charge < -0.3 is 5.32 Å². The second-order valence-electron chi connectivity index (χ2n) is 9.05. The molecule has 0 spiro atoms. The number of nitrogens with one attached hydrogen (secondary N) is 1. The molecule has 0 saturated carbocycles. The predicted octanol–water partition coefficient (Wildman–Crippen LogP) is 6.13. The summed E-state index contributed by atoms with van der Waals surface area (Å²) in [6.07, 6.45) is 7.16. The van der Waals surface area contributed by atoms with Gasteiger partial charge in [-0.25, -0.2) is 4.57 Å². The Labute approximate surface area is 205 Å². The van der Waals surface area contributed by atoms with Crippen LogP contribution in [0.5, 0.6) is 0 Å². The molecule has 5 rings (SSSR count). The van der Waals surface area contributed by atoms with Gasteiger partial charge in [-0.2, -0.15) is 0 Å². The molecule has 0 saturated heterocycles. The lowest BCUT2D eigenvalue weighted by atomic mass is 9.99. The zero-order chi connectivity index (χ0) is 24.2. The SMILES string of the molecule is Cc1ccc2nccc(Nc3ccc(CC(=O)c4ccc(Cc5cc[n+](C)cc5)cc4)cc3)c2c1. The van der Waals surface area contributed by atoms with E-state index in [1.807, 2.05) is 90.9 Å². The average Bonchev–Trinajstić information content (AvgIpc) is 2.87. The number of benzene rings is 3. The lowest BCUT2D eigenvalue weighted by Gasteiger charge is -2.11. The lowest BCUT2D eigenvalue weighted by molar-refractivity contribution is -0.671. The average molecular weight is 459 g/mol. The minimum absolute atomic E-state index is 0.125. The molecule has 172 valence electrons. The van der Waals surface area contributed by atoms with E-state index in [1.165, 1.54) is 16.7 Å². The second-order valence-corrected chi connectivity index (χ2v) is 9.05. The first-order valence-corrected chi connectivity index (χ1v) is 11.8. The van der Waals surface area contributed by atoms with E-state index in [0.717, 1.165) is 39.8 Å². The molecule has 2 aromatic heterocycles. The van der Waals surface area contributed by atoms with Gasteiger partial charge in [-0.05, 0) is 60.4 Å². The molecule has 4 nitrogen and oxygen atoms in total. The fourth-order valence-corrected chi connectivity index (χ4v) is 4.21. The van der Waals surface area contributed by atoms with E-state index in [4.69, 9.17) is 0 Å². The third kappa shape index (κ3) is 5.44. The van der Waals surface area contributed by atoms with Gasteiger partial charge >= 0.3 is 0 Å². The molecule has 0 aliphatic rings. The van der Waals surface area contributed by atoms with Crippen LogP contribution in [0.3, 0.4) is 0 Å². The van der Waals surface area contributed by atoms with E-state index < -0.39 is 0 Å². The summed E-state index contributed by atoms with van der Waals surface area (Å²) in [5.74, 6) is 0.125. The maximum absolute atomic E-state index is 12.9. The first-order valence-electron chi connectivity index (χ1n) is 11.8. The summed E-state index contributed by atoms with van der Waals surface area (Å²) >= 11 is 0. The van der Waals surface area contributed by atoms with Crippen molar-refractivity contribution in [1.29, 1.82) is 0 Å². The Bertz CT molecular complexity index is 1470. The number of Topliss-reactive ketones (excluding diaryl/α,β-unsaturated/α-hetero) is 1. The molecule has 2 heterocycles. The summed E-state index contributed by atoms with van der Waals surface area (Å²) in [5, 5.41) is 4.58. The van der Waals surface area contributed by atoms with Gasteiger partial charge in [0.05, 0.1) is 5.52 Å². The third-order valence-electron chi connectivity index (χ3n) is 6.23. The first-order chi connectivity index (χ1) is 17.0. The van der Waals surface area contributed by atoms with Crippen LogP contribution in [-0.2, 0) is 19.9 Å². The second kappa shape index (κ2) is 9.90. The maximum atomic E-state index is 12.9. The number of carbonyl (C=O) groups is 1. The number of carbonyl (C=O) groups excluding carboxylic acids is 1. The molecule has 0 radical (unpaired) electrons. The summed E-state index contributed by atoms with van der Waals surface area (Å²) in [6.45, 7) is 2.08. The van der Waals surface area contributed by atoms with Crippen molar-refractivity contribution >= 4 is 28.1 Å². The predicted molar refractivity (Wildman–Crippen MR) is 141 cm³/mol. The summed E-state index contributed by atoms with van der Waals surface area (Å²) in [6, 6.07) is 28.5. The molecule has 4 heteroatoms. The van der Waals surface area contributed by atoms with Crippen molar-refractivity contribution in [2.75, 3.05) is 5.32 Å². The topological polar surface area (TPSA) is 45.9 Å². The molecule has 0 unspecified atom stereocenters. The van der Waals surface area contributed by atoms with E-state index in [0.29, 0.717) is 6.42 Å². The number of anilines is 2. The van der Waals surface area contributed by atoms with Gasteiger partial charge in [0.1, 0.15) is 7.05 Å². The third-order valence-corrected chi connectivity index (χ3v) is 6.23. The van der Waals surface area contributed by atoms with E-state index in [-0.39, 0.29) is 5.78 Å². The highest BCUT2D eigenvalue weighted by atomic mass is 16.1. The number of hydrogen-bond donors (Lipinski definition) is 1. The van der Waals surface area contributed by atoms with Gasteiger partial charge in [0.25, 0.3) is 0 Å². The highest BCUT2D eigenvalue weighted by Crippen LogP contribution is 2.26. The van der Waals surface area contributed by atoms with Crippen LogP contribution in [0.1, 0.15) is 32.6 Å². The fraction of sp³-hybridized carbons (Fsp3) is 0.129. The lowest BCUT2D eigenvalue weighted by Crippen LogP contribution is -2.25. The Morgan fingerprint density at radius 1 is 0.829 bits per heavy atom. The summed E-state index contributed by atoms with van der Waals surface area (Å²) in [7, 11) is 2.01. The molecular formula is C31H28N3O+. The van der Waals surface area contributed by atoms with E-state index in [2.05, 4.69) is 41.5 Å². The molecule has 0 bridgehead atoms. The molecule has 3 aromatic carbocycles. The van der Waals surface area contributed by atoms with Crippen molar-refractivity contribution in [2.24, 2.45) is 7.05 Å². The Kier molecular flexibility index (Phi) is 6.36. The van der Waals surface area contributed by atoms with Gasteiger partial charge in [-0.1, -0.05) is 48.0 Å². The number of aryl methyl sites for hydroxylation is 2. The van der Waals surface area contributed by atoms with Crippen LogP contribution in [0.4, 0.5) is 11.4 Å². The van der Waals surface area contributed by atoms with Crippen LogP contribution >= 0.6 is 0 Å². The van der Waals surface area contributed by atoms with Crippen molar-refractivity contribution in [1.82, 2.24) is 4.98 Å². The largest absolute Gasteiger partial charge is 0.355 e.